The van der Waals surface area contributed by atoms with Crippen molar-refractivity contribution in [2.24, 2.45) is 10.8 Å². The molecule has 4 aromatic heterocycles. The molecule has 0 unspecified atom stereocenters. The summed E-state index contributed by atoms with van der Waals surface area (Å²) in [6.45, 7) is 19.1. The maximum Gasteiger partial charge on any atom is 0.241 e. The SMILES string of the molecule is CC.CC.CC(=O)Cc1cccc(Oc2ccc3nc(NCC(=O)N4CCC5(COC5)C4)cn3n2)c1.CC(=O)Cc1cccc(Oc2ccc3nc(NCC=CN4CCC5(COC5)C4)cn3n2)c1. The van der Waals surface area contributed by atoms with Crippen molar-refractivity contribution in [1.29, 1.82) is 0 Å². The summed E-state index contributed by atoms with van der Waals surface area (Å²) in [4.78, 5) is 48.5. The summed E-state index contributed by atoms with van der Waals surface area (Å²) in [6, 6.07) is 22.1. The molecule has 4 aliphatic rings. The lowest BCUT2D eigenvalue weighted by molar-refractivity contribution is -0.133. The van der Waals surface area contributed by atoms with Crippen LogP contribution in [0.15, 0.2) is 97.5 Å². The maximum absolute atomic E-state index is 12.5. The number of imidazole rings is 2. The van der Waals surface area contributed by atoms with E-state index in [1.807, 2.05) is 93.4 Å². The fraction of sp³-hybridized carbons (Fsp3) is 0.431. The molecule has 6 aromatic rings. The van der Waals surface area contributed by atoms with Gasteiger partial charge in [0.25, 0.3) is 0 Å². The molecule has 17 heteroatoms. The molecule has 0 radical (unpaired) electrons. The average Bonchev–Trinajstić information content (AvgIpc) is 4.13. The Balaban J connectivity index is 0.000000188. The first-order valence-corrected chi connectivity index (χ1v) is 23.6. The Hall–Kier alpha value is -6.85. The van der Waals surface area contributed by atoms with Crippen molar-refractivity contribution in [3.05, 3.63) is 109 Å². The van der Waals surface area contributed by atoms with Crippen LogP contribution in [-0.2, 0) is 36.7 Å². The summed E-state index contributed by atoms with van der Waals surface area (Å²) in [5, 5.41) is 15.4. The van der Waals surface area contributed by atoms with Crippen LogP contribution in [0.2, 0.25) is 0 Å². The highest BCUT2D eigenvalue weighted by Crippen LogP contribution is 2.38. The van der Waals surface area contributed by atoms with Crippen LogP contribution >= 0.6 is 0 Å². The third-order valence-corrected chi connectivity index (χ3v) is 11.8. The normalized spacial score (nSPS) is 16.2. The number of ether oxygens (including phenoxy) is 4. The topological polar surface area (TPSA) is 179 Å². The second kappa shape index (κ2) is 22.8. The van der Waals surface area contributed by atoms with Gasteiger partial charge in [-0.15, -0.1) is 10.2 Å². The number of hydrogen-bond donors (Lipinski definition) is 2. The molecule has 10 rings (SSSR count). The van der Waals surface area contributed by atoms with Crippen LogP contribution in [0.4, 0.5) is 11.6 Å². The lowest BCUT2D eigenvalue weighted by Crippen LogP contribution is -2.46. The molecule has 4 fully saturated rings. The summed E-state index contributed by atoms with van der Waals surface area (Å²) < 4.78 is 25.8. The van der Waals surface area contributed by atoms with Crippen molar-refractivity contribution in [3.63, 3.8) is 0 Å². The molecule has 0 aliphatic carbocycles. The number of amides is 1. The third-order valence-electron chi connectivity index (χ3n) is 11.8. The highest BCUT2D eigenvalue weighted by molar-refractivity contribution is 5.81. The summed E-state index contributed by atoms with van der Waals surface area (Å²) in [5.41, 5.74) is 3.78. The third kappa shape index (κ3) is 12.8. The zero-order chi connectivity index (χ0) is 48.1. The molecule has 4 aliphatic heterocycles. The van der Waals surface area contributed by atoms with Crippen LogP contribution in [0.1, 0.15) is 65.5 Å². The number of hydrogen-bond acceptors (Lipinski definition) is 14. The predicted octanol–water partition coefficient (Wildman–Crippen LogP) is 7.67. The molecule has 8 heterocycles. The minimum atomic E-state index is 0.0632. The van der Waals surface area contributed by atoms with Crippen LogP contribution in [-0.4, -0.2) is 122 Å². The fourth-order valence-corrected chi connectivity index (χ4v) is 8.40. The first-order valence-electron chi connectivity index (χ1n) is 23.6. The van der Waals surface area contributed by atoms with Gasteiger partial charge in [0.2, 0.25) is 17.7 Å². The number of nitrogens with one attached hydrogen (secondary N) is 2. The Bertz CT molecular complexity index is 2690. The average molecular weight is 929 g/mol. The summed E-state index contributed by atoms with van der Waals surface area (Å²) >= 11 is 0. The molecule has 0 atom stereocenters. The molecule has 0 saturated carbocycles. The van der Waals surface area contributed by atoms with Crippen molar-refractivity contribution >= 4 is 40.4 Å². The van der Waals surface area contributed by atoms with Gasteiger partial charge in [0, 0.05) is 68.5 Å². The van der Waals surface area contributed by atoms with Crippen molar-refractivity contribution < 1.29 is 33.3 Å². The van der Waals surface area contributed by atoms with Gasteiger partial charge >= 0.3 is 0 Å². The molecule has 68 heavy (non-hydrogen) atoms. The molecular formula is C51H64N10O7. The van der Waals surface area contributed by atoms with Crippen LogP contribution in [0.3, 0.4) is 0 Å². The number of benzene rings is 2. The molecule has 2 aromatic carbocycles. The highest BCUT2D eigenvalue weighted by Gasteiger charge is 2.46. The van der Waals surface area contributed by atoms with Crippen LogP contribution in [0.5, 0.6) is 23.3 Å². The Morgan fingerprint density at radius 2 is 1.19 bits per heavy atom. The Labute approximate surface area is 397 Å². The molecule has 4 saturated heterocycles. The molecule has 17 nitrogen and oxygen atoms in total. The van der Waals surface area contributed by atoms with Gasteiger partial charge in [0.15, 0.2) is 11.3 Å². The van der Waals surface area contributed by atoms with E-state index in [0.717, 1.165) is 81.6 Å². The molecule has 0 bridgehead atoms. The van der Waals surface area contributed by atoms with E-state index < -0.39 is 0 Å². The minimum Gasteiger partial charge on any atom is -0.438 e. The number of carbonyl (C=O) groups is 3. The zero-order valence-corrected chi connectivity index (χ0v) is 40.1. The second-order valence-electron chi connectivity index (χ2n) is 17.3. The molecule has 1 amide bonds. The Kier molecular flexibility index (Phi) is 16.4. The van der Waals surface area contributed by atoms with Gasteiger partial charge in [-0.25, -0.2) is 19.0 Å². The molecule has 2 N–H and O–H groups in total. The van der Waals surface area contributed by atoms with Crippen LogP contribution in [0, 0.1) is 10.8 Å². The fourth-order valence-electron chi connectivity index (χ4n) is 8.40. The first kappa shape index (κ1) is 49.1. The van der Waals surface area contributed by atoms with Gasteiger partial charge in [-0.05, 0) is 86.5 Å². The number of likely N-dealkylation sites (tertiary alicyclic amines) is 2. The predicted molar refractivity (Wildman–Crippen MR) is 260 cm³/mol. The lowest BCUT2D eigenvalue weighted by Gasteiger charge is -2.37. The second-order valence-corrected chi connectivity index (χ2v) is 17.3. The van der Waals surface area contributed by atoms with Crippen molar-refractivity contribution in [1.82, 2.24) is 39.0 Å². The molecular weight excluding hydrogens is 865 g/mol. The first-order chi connectivity index (χ1) is 33.0. The number of anilines is 2. The zero-order valence-electron chi connectivity index (χ0n) is 40.1. The quantitative estimate of drug-likeness (QED) is 0.103. The number of ketones is 2. The number of Topliss-reactive ketones (excluding diaryl/α,β-unsaturated/α-hetero) is 2. The van der Waals surface area contributed by atoms with Crippen LogP contribution in [0.25, 0.3) is 11.3 Å². The highest BCUT2D eigenvalue weighted by atomic mass is 16.5. The van der Waals surface area contributed by atoms with Crippen molar-refractivity contribution in [3.8, 4) is 23.3 Å². The summed E-state index contributed by atoms with van der Waals surface area (Å²) in [6.07, 6.45) is 10.9. The number of aromatic nitrogens is 6. The van der Waals surface area contributed by atoms with E-state index in [9.17, 15) is 14.4 Å². The Morgan fingerprint density at radius 3 is 1.68 bits per heavy atom. The van der Waals surface area contributed by atoms with Gasteiger partial charge in [-0.3, -0.25) is 14.4 Å². The molecule has 360 valence electrons. The van der Waals surface area contributed by atoms with E-state index in [1.165, 1.54) is 6.42 Å². The number of nitrogens with zero attached hydrogens (tertiary/aromatic N) is 8. The minimum absolute atomic E-state index is 0.0632. The largest absolute Gasteiger partial charge is 0.438 e. The smallest absolute Gasteiger partial charge is 0.241 e. The van der Waals surface area contributed by atoms with E-state index in [-0.39, 0.29) is 29.4 Å². The van der Waals surface area contributed by atoms with E-state index in [1.54, 1.807) is 47.3 Å². The van der Waals surface area contributed by atoms with E-state index >= 15 is 0 Å². The van der Waals surface area contributed by atoms with E-state index in [0.29, 0.717) is 59.5 Å². The maximum atomic E-state index is 12.5. The molecule has 2 spiro atoms. The Morgan fingerprint density at radius 1 is 0.676 bits per heavy atom. The number of rotatable bonds is 15. The van der Waals surface area contributed by atoms with Gasteiger partial charge in [0.1, 0.15) is 34.7 Å². The van der Waals surface area contributed by atoms with E-state index in [2.05, 4.69) is 48.0 Å². The van der Waals surface area contributed by atoms with E-state index in [4.69, 9.17) is 18.9 Å². The van der Waals surface area contributed by atoms with Gasteiger partial charge in [-0.2, -0.15) is 0 Å². The summed E-state index contributed by atoms with van der Waals surface area (Å²) in [7, 11) is 0. The standard InChI is InChI=1S/C24H27N5O3.C23H25N5O4.2C2H6/c1-18(30)12-19-4-2-5-20(13-19)32-23-7-6-22-26-21(14-29(22)27-23)25-9-3-10-28-11-8-24(15-28)16-31-17-24;1-16(29)9-17-3-2-4-18(10-17)32-21-6-5-20-25-19(12-28(20)26-21)24-11-22(30)27-8-7-23(13-27)14-31-15-23;2*1-2/h2-7,10,13-14,25H,8-9,11-12,15-17H2,1H3;2-6,10,12,24H,7-9,11,13-15H2,1H3;2*1-2H3. The number of fused-ring (bicyclic) bond motifs is 2. The lowest BCUT2D eigenvalue weighted by atomic mass is 9.85. The monoisotopic (exact) mass is 928 g/mol. The summed E-state index contributed by atoms with van der Waals surface area (Å²) in [5.74, 6) is 3.74. The van der Waals surface area contributed by atoms with Gasteiger partial charge < -0.3 is 39.4 Å². The number of carbonyl (C=O) groups excluding carboxylic acids is 3. The van der Waals surface area contributed by atoms with Gasteiger partial charge in [0.05, 0.1) is 45.4 Å². The van der Waals surface area contributed by atoms with Crippen LogP contribution < -0.4 is 20.1 Å². The van der Waals surface area contributed by atoms with Gasteiger partial charge in [-0.1, -0.05) is 52.0 Å². The van der Waals surface area contributed by atoms with Crippen molar-refractivity contribution in [2.75, 3.05) is 76.3 Å². The van der Waals surface area contributed by atoms with Crippen molar-refractivity contribution in [2.45, 2.75) is 67.2 Å².